The Bertz CT molecular complexity index is 863. The van der Waals surface area contributed by atoms with E-state index >= 15 is 0 Å². The summed E-state index contributed by atoms with van der Waals surface area (Å²) in [5.41, 5.74) is 3.92. The number of Topliss-reactive ketones (excluding diaryl/α,β-unsaturated/α-hetero) is 1. The van der Waals surface area contributed by atoms with Crippen molar-refractivity contribution in [3.05, 3.63) is 65.2 Å². The number of hydrogen-bond donors (Lipinski definition) is 1. The quantitative estimate of drug-likeness (QED) is 0.533. The number of anilines is 1. The van der Waals surface area contributed by atoms with Crippen LogP contribution in [-0.4, -0.2) is 35.7 Å². The molecule has 1 saturated heterocycles. The highest BCUT2D eigenvalue weighted by molar-refractivity contribution is 6.02. The van der Waals surface area contributed by atoms with Crippen LogP contribution in [0.15, 0.2) is 48.5 Å². The number of amides is 1. The first-order valence-corrected chi connectivity index (χ1v) is 11.6. The Labute approximate surface area is 187 Å². The largest absolute Gasteiger partial charge is 0.325 e. The molecule has 1 fully saturated rings. The van der Waals surface area contributed by atoms with Crippen LogP contribution in [0, 0.1) is 0 Å². The normalized spacial score (nSPS) is 15.8. The number of piperidine rings is 1. The fraction of sp³-hybridized carbons (Fsp3) is 0.481. The summed E-state index contributed by atoms with van der Waals surface area (Å²) in [4.78, 5) is 28.5. The van der Waals surface area contributed by atoms with Crippen molar-refractivity contribution < 1.29 is 9.59 Å². The van der Waals surface area contributed by atoms with E-state index in [1.165, 1.54) is 17.5 Å². The van der Waals surface area contributed by atoms with E-state index in [1.54, 1.807) is 0 Å². The molecule has 0 spiro atoms. The van der Waals surface area contributed by atoms with Gasteiger partial charge in [0.15, 0.2) is 5.78 Å². The molecule has 0 radical (unpaired) electrons. The first-order valence-electron chi connectivity index (χ1n) is 11.6. The maximum atomic E-state index is 13.2. The van der Waals surface area contributed by atoms with E-state index in [1.807, 2.05) is 36.4 Å². The molecule has 1 atom stereocenters. The Morgan fingerprint density at radius 2 is 1.32 bits per heavy atom. The number of benzene rings is 2. The lowest BCUT2D eigenvalue weighted by atomic mass is 9.96. The Kier molecular flexibility index (Phi) is 8.03. The van der Waals surface area contributed by atoms with E-state index in [9.17, 15) is 9.59 Å². The summed E-state index contributed by atoms with van der Waals surface area (Å²) >= 11 is 0. The summed E-state index contributed by atoms with van der Waals surface area (Å²) in [5.74, 6) is 0.811. The molecule has 1 aliphatic heterocycles. The Morgan fingerprint density at radius 1 is 0.806 bits per heavy atom. The van der Waals surface area contributed by atoms with Gasteiger partial charge in [-0.25, -0.2) is 0 Å². The van der Waals surface area contributed by atoms with Gasteiger partial charge in [-0.05, 0) is 61.0 Å². The topological polar surface area (TPSA) is 49.4 Å². The van der Waals surface area contributed by atoms with E-state index in [0.717, 1.165) is 31.6 Å². The van der Waals surface area contributed by atoms with Crippen LogP contribution in [0.3, 0.4) is 0 Å². The van der Waals surface area contributed by atoms with Gasteiger partial charge in [-0.15, -0.1) is 0 Å². The minimum absolute atomic E-state index is 0.0242. The van der Waals surface area contributed by atoms with Gasteiger partial charge in [0.1, 0.15) is 0 Å². The molecule has 1 heterocycles. The maximum absolute atomic E-state index is 13.2. The Hall–Kier alpha value is -2.46. The molecule has 2 aromatic rings. The number of carbonyl (C=O) groups is 2. The summed E-state index contributed by atoms with van der Waals surface area (Å²) in [5, 5.41) is 3.05. The van der Waals surface area contributed by atoms with Crippen LogP contribution in [-0.2, 0) is 4.79 Å². The van der Waals surface area contributed by atoms with Crippen molar-refractivity contribution in [3.63, 3.8) is 0 Å². The number of carbonyl (C=O) groups excluding carboxylic acids is 2. The van der Waals surface area contributed by atoms with Crippen LogP contribution in [0.1, 0.15) is 86.7 Å². The van der Waals surface area contributed by atoms with Crippen molar-refractivity contribution in [2.75, 3.05) is 18.4 Å². The smallest absolute Gasteiger partial charge is 0.242 e. The van der Waals surface area contributed by atoms with Gasteiger partial charge in [-0.3, -0.25) is 14.5 Å². The molecule has 1 N–H and O–H groups in total. The highest BCUT2D eigenvalue weighted by Crippen LogP contribution is 2.21. The molecule has 0 saturated carbocycles. The summed E-state index contributed by atoms with van der Waals surface area (Å²) in [7, 11) is 0. The summed E-state index contributed by atoms with van der Waals surface area (Å²) in [6, 6.07) is 15.4. The summed E-state index contributed by atoms with van der Waals surface area (Å²) in [6.45, 7) is 10.3. The Morgan fingerprint density at radius 3 is 1.84 bits per heavy atom. The highest BCUT2D eigenvalue weighted by Gasteiger charge is 2.30. The second kappa shape index (κ2) is 10.7. The van der Waals surface area contributed by atoms with Crippen LogP contribution in [0.4, 0.5) is 5.69 Å². The van der Waals surface area contributed by atoms with Crippen LogP contribution in [0.5, 0.6) is 0 Å². The van der Waals surface area contributed by atoms with Gasteiger partial charge in [0.05, 0.1) is 6.04 Å². The van der Waals surface area contributed by atoms with E-state index in [0.29, 0.717) is 17.4 Å². The molecule has 3 rings (SSSR count). The standard InChI is InChI=1S/C27H36N2O2/c1-19(2)21-8-10-23(11-9-21)26(30)18-25(29-16-6-5-7-17-29)27(31)28-24-14-12-22(13-15-24)20(3)4/h8-15,19-20,25H,5-7,16-18H2,1-4H3,(H,28,31). The molecular formula is C27H36N2O2. The third-order valence-electron chi connectivity index (χ3n) is 6.26. The molecule has 4 nitrogen and oxygen atoms in total. The minimum Gasteiger partial charge on any atom is -0.325 e. The monoisotopic (exact) mass is 420 g/mol. The number of rotatable bonds is 8. The van der Waals surface area contributed by atoms with Gasteiger partial charge in [-0.2, -0.15) is 0 Å². The zero-order valence-electron chi connectivity index (χ0n) is 19.4. The molecule has 1 aliphatic rings. The van der Waals surface area contributed by atoms with Crippen molar-refractivity contribution >= 4 is 17.4 Å². The molecule has 0 aromatic heterocycles. The third kappa shape index (κ3) is 6.27. The molecule has 0 bridgehead atoms. The fourth-order valence-electron chi connectivity index (χ4n) is 4.14. The molecule has 4 heteroatoms. The van der Waals surface area contributed by atoms with E-state index < -0.39 is 6.04 Å². The van der Waals surface area contributed by atoms with Crippen LogP contribution >= 0.6 is 0 Å². The SMILES string of the molecule is CC(C)c1ccc(NC(=O)C(CC(=O)c2ccc(C(C)C)cc2)N2CCCCC2)cc1. The van der Waals surface area contributed by atoms with Gasteiger partial charge >= 0.3 is 0 Å². The second-order valence-corrected chi connectivity index (χ2v) is 9.28. The minimum atomic E-state index is -0.442. The van der Waals surface area contributed by atoms with Crippen LogP contribution < -0.4 is 5.32 Å². The summed E-state index contributed by atoms with van der Waals surface area (Å²) in [6.07, 6.45) is 3.54. The third-order valence-corrected chi connectivity index (χ3v) is 6.26. The van der Waals surface area contributed by atoms with Gasteiger partial charge in [0.2, 0.25) is 5.91 Å². The average molecular weight is 421 g/mol. The van der Waals surface area contributed by atoms with Crippen molar-refractivity contribution in [2.24, 2.45) is 0 Å². The van der Waals surface area contributed by atoms with Gasteiger partial charge in [0.25, 0.3) is 0 Å². The lowest BCUT2D eigenvalue weighted by Gasteiger charge is -2.33. The molecule has 1 unspecified atom stereocenters. The van der Waals surface area contributed by atoms with Crippen LogP contribution in [0.25, 0.3) is 0 Å². The van der Waals surface area contributed by atoms with Gasteiger partial charge in [0, 0.05) is 17.7 Å². The first kappa shape index (κ1) is 23.2. The number of nitrogens with one attached hydrogen (secondary N) is 1. The highest BCUT2D eigenvalue weighted by atomic mass is 16.2. The molecule has 31 heavy (non-hydrogen) atoms. The van der Waals surface area contributed by atoms with Crippen molar-refractivity contribution in [3.8, 4) is 0 Å². The lowest BCUT2D eigenvalue weighted by Crippen LogP contribution is -2.47. The lowest BCUT2D eigenvalue weighted by molar-refractivity contribution is -0.121. The predicted octanol–water partition coefficient (Wildman–Crippen LogP) is 6.00. The molecular weight excluding hydrogens is 384 g/mol. The molecule has 1 amide bonds. The molecule has 0 aliphatic carbocycles. The first-order chi connectivity index (χ1) is 14.8. The molecule has 166 valence electrons. The van der Waals surface area contributed by atoms with Crippen molar-refractivity contribution in [2.45, 2.75) is 71.3 Å². The average Bonchev–Trinajstić information content (AvgIpc) is 2.78. The zero-order valence-corrected chi connectivity index (χ0v) is 19.4. The van der Waals surface area contributed by atoms with E-state index in [-0.39, 0.29) is 18.1 Å². The predicted molar refractivity (Wildman–Crippen MR) is 128 cm³/mol. The van der Waals surface area contributed by atoms with Gasteiger partial charge in [-0.1, -0.05) is 70.5 Å². The zero-order chi connectivity index (χ0) is 22.4. The Balaban J connectivity index is 1.73. The van der Waals surface area contributed by atoms with Gasteiger partial charge < -0.3 is 5.32 Å². The molecule has 2 aromatic carbocycles. The number of hydrogen-bond acceptors (Lipinski definition) is 3. The van der Waals surface area contributed by atoms with Crippen molar-refractivity contribution in [1.29, 1.82) is 0 Å². The number of ketones is 1. The second-order valence-electron chi connectivity index (χ2n) is 9.28. The fourth-order valence-corrected chi connectivity index (χ4v) is 4.14. The van der Waals surface area contributed by atoms with E-state index in [4.69, 9.17) is 0 Å². The van der Waals surface area contributed by atoms with Crippen LogP contribution in [0.2, 0.25) is 0 Å². The maximum Gasteiger partial charge on any atom is 0.242 e. The van der Waals surface area contributed by atoms with E-state index in [2.05, 4.69) is 50.0 Å². The van der Waals surface area contributed by atoms with Crippen molar-refractivity contribution in [1.82, 2.24) is 4.90 Å². The number of likely N-dealkylation sites (tertiary alicyclic amines) is 1. The number of nitrogens with zero attached hydrogens (tertiary/aromatic N) is 1. The summed E-state index contributed by atoms with van der Waals surface area (Å²) < 4.78 is 0.